The van der Waals surface area contributed by atoms with E-state index in [-0.39, 0.29) is 21.9 Å². The molecule has 2 N–H and O–H groups in total. The predicted molar refractivity (Wildman–Crippen MR) is 156 cm³/mol. The fraction of sp³-hybridized carbons (Fsp3) is 0.0357. The minimum absolute atomic E-state index is 0.0171. The largest absolute Gasteiger partial charge is 0.497 e. The molecule has 0 fully saturated rings. The third-order valence-electron chi connectivity index (χ3n) is 5.41. The molecule has 12 heteroatoms. The summed E-state index contributed by atoms with van der Waals surface area (Å²) in [5.41, 5.74) is 3.18. The lowest BCUT2D eigenvalue weighted by Crippen LogP contribution is -2.21. The first-order chi connectivity index (χ1) is 19.2. The molecule has 0 aliphatic carbocycles. The summed E-state index contributed by atoms with van der Waals surface area (Å²) in [6, 6.07) is 23.1. The van der Waals surface area contributed by atoms with Crippen molar-refractivity contribution in [3.05, 3.63) is 117 Å². The van der Waals surface area contributed by atoms with Crippen LogP contribution in [0.25, 0.3) is 0 Å². The van der Waals surface area contributed by atoms with Gasteiger partial charge in [-0.3, -0.25) is 9.52 Å². The normalized spacial score (nSPS) is 11.2. The molecule has 0 heterocycles. The summed E-state index contributed by atoms with van der Waals surface area (Å²) in [5, 5.41) is 4.37. The molecular weight excluding hydrogens is 622 g/mol. The number of sulfonamides is 1. The second-order valence-corrected chi connectivity index (χ2v) is 11.1. The van der Waals surface area contributed by atoms with Crippen LogP contribution in [0.5, 0.6) is 11.5 Å². The Morgan fingerprint density at radius 2 is 1.65 bits per heavy atom. The number of rotatable bonds is 9. The Morgan fingerprint density at radius 1 is 0.950 bits per heavy atom. The van der Waals surface area contributed by atoms with Gasteiger partial charge in [0.1, 0.15) is 11.5 Å². The Balaban J connectivity index is 1.49. The molecule has 0 bridgehead atoms. The molecule has 4 aromatic rings. The summed E-state index contributed by atoms with van der Waals surface area (Å²) < 4.78 is 39.4. The molecule has 9 nitrogen and oxygen atoms in total. The minimum atomic E-state index is -3.99. The van der Waals surface area contributed by atoms with Gasteiger partial charge in [-0.25, -0.2) is 18.6 Å². The van der Waals surface area contributed by atoms with Crippen LogP contribution in [-0.2, 0) is 10.0 Å². The highest BCUT2D eigenvalue weighted by molar-refractivity contribution is 9.10. The molecule has 4 rings (SSSR count). The maximum atomic E-state index is 12.9. The highest BCUT2D eigenvalue weighted by Crippen LogP contribution is 2.24. The molecule has 4 aromatic carbocycles. The summed E-state index contributed by atoms with van der Waals surface area (Å²) >= 11 is 9.22. The van der Waals surface area contributed by atoms with Crippen molar-refractivity contribution in [1.29, 1.82) is 0 Å². The van der Waals surface area contributed by atoms with Crippen molar-refractivity contribution in [1.82, 2.24) is 5.43 Å². The van der Waals surface area contributed by atoms with Gasteiger partial charge in [0.05, 0.1) is 35.0 Å². The van der Waals surface area contributed by atoms with Crippen LogP contribution in [0.1, 0.15) is 26.3 Å². The third kappa shape index (κ3) is 7.26. The van der Waals surface area contributed by atoms with E-state index in [0.29, 0.717) is 26.4 Å². The standard InChI is InChI=1S/C28H21BrClN3O6S/c1-38-22-11-6-18(7-12-22)28(35)39-26-15-8-20(29)16-19(26)17-31-32-27(34)24-4-2-3-5-25(24)33-40(36,37)23-13-9-21(30)10-14-23/h2-17,33H,1H3,(H,32,34)/b31-17+. The summed E-state index contributed by atoms with van der Waals surface area (Å²) in [6.45, 7) is 0. The van der Waals surface area contributed by atoms with E-state index in [1.54, 1.807) is 54.6 Å². The van der Waals surface area contributed by atoms with E-state index < -0.39 is 21.9 Å². The number of esters is 1. The molecule has 0 saturated carbocycles. The maximum Gasteiger partial charge on any atom is 0.343 e. The smallest absolute Gasteiger partial charge is 0.343 e. The molecule has 0 saturated heterocycles. The second kappa shape index (κ2) is 12.8. The quantitative estimate of drug-likeness (QED) is 0.102. The first kappa shape index (κ1) is 28.8. The van der Waals surface area contributed by atoms with Crippen molar-refractivity contribution >= 4 is 61.3 Å². The third-order valence-corrected chi connectivity index (χ3v) is 7.54. The first-order valence-electron chi connectivity index (χ1n) is 11.5. The maximum absolute atomic E-state index is 12.9. The monoisotopic (exact) mass is 641 g/mol. The van der Waals surface area contributed by atoms with E-state index in [0.717, 1.165) is 0 Å². The molecule has 0 unspecified atom stereocenters. The first-order valence-corrected chi connectivity index (χ1v) is 14.2. The number of hydrazone groups is 1. The lowest BCUT2D eigenvalue weighted by atomic mass is 10.2. The highest BCUT2D eigenvalue weighted by atomic mass is 79.9. The van der Waals surface area contributed by atoms with E-state index in [1.165, 1.54) is 49.7 Å². The number of amides is 1. The van der Waals surface area contributed by atoms with Crippen LogP contribution in [0.2, 0.25) is 5.02 Å². The molecule has 0 aliphatic heterocycles. The number of nitrogens with zero attached hydrogens (tertiary/aromatic N) is 1. The lowest BCUT2D eigenvalue weighted by molar-refractivity contribution is 0.0734. The van der Waals surface area contributed by atoms with Crippen molar-refractivity contribution in [2.75, 3.05) is 11.8 Å². The van der Waals surface area contributed by atoms with Gasteiger partial charge >= 0.3 is 5.97 Å². The van der Waals surface area contributed by atoms with Crippen LogP contribution in [0, 0.1) is 0 Å². The second-order valence-electron chi connectivity index (χ2n) is 8.10. The van der Waals surface area contributed by atoms with Crippen molar-refractivity contribution in [2.24, 2.45) is 5.10 Å². The van der Waals surface area contributed by atoms with Gasteiger partial charge in [0, 0.05) is 15.1 Å². The van der Waals surface area contributed by atoms with Crippen LogP contribution in [0.15, 0.2) is 105 Å². The number of nitrogens with one attached hydrogen (secondary N) is 2. The Kier molecular flexibility index (Phi) is 9.20. The number of carbonyl (C=O) groups excluding carboxylic acids is 2. The van der Waals surface area contributed by atoms with Gasteiger partial charge in [-0.05, 0) is 78.9 Å². The van der Waals surface area contributed by atoms with Gasteiger partial charge in [0.15, 0.2) is 0 Å². The fourth-order valence-electron chi connectivity index (χ4n) is 3.41. The van der Waals surface area contributed by atoms with Crippen LogP contribution < -0.4 is 19.6 Å². The average molecular weight is 643 g/mol. The number of hydrogen-bond acceptors (Lipinski definition) is 7. The number of ether oxygens (including phenoxy) is 2. The molecule has 1 amide bonds. The summed E-state index contributed by atoms with van der Waals surface area (Å²) in [5.74, 6) is -0.454. The molecule has 0 spiro atoms. The number of methoxy groups -OCH3 is 1. The van der Waals surface area contributed by atoms with Crippen molar-refractivity contribution in [2.45, 2.75) is 4.90 Å². The minimum Gasteiger partial charge on any atom is -0.497 e. The van der Waals surface area contributed by atoms with Crippen LogP contribution in [0.4, 0.5) is 5.69 Å². The molecule has 0 aromatic heterocycles. The van der Waals surface area contributed by atoms with E-state index in [1.807, 2.05) is 0 Å². The zero-order valence-corrected chi connectivity index (χ0v) is 24.0. The molecule has 0 radical (unpaired) electrons. The Hall–Kier alpha value is -4.19. The van der Waals surface area contributed by atoms with Gasteiger partial charge in [0.25, 0.3) is 15.9 Å². The number of para-hydroxylation sites is 1. The van der Waals surface area contributed by atoms with E-state index in [2.05, 4.69) is 31.2 Å². The van der Waals surface area contributed by atoms with Crippen molar-refractivity contribution in [3.63, 3.8) is 0 Å². The average Bonchev–Trinajstić information content (AvgIpc) is 2.94. The van der Waals surface area contributed by atoms with Gasteiger partial charge in [0.2, 0.25) is 0 Å². The summed E-state index contributed by atoms with van der Waals surface area (Å²) in [4.78, 5) is 25.5. The SMILES string of the molecule is COc1ccc(C(=O)Oc2ccc(Br)cc2/C=N/NC(=O)c2ccccc2NS(=O)(=O)c2ccc(Cl)cc2)cc1. The molecule has 204 valence electrons. The zero-order chi connectivity index (χ0) is 28.7. The van der Waals surface area contributed by atoms with E-state index in [9.17, 15) is 18.0 Å². The Bertz CT molecular complexity index is 1680. The van der Waals surface area contributed by atoms with Crippen molar-refractivity contribution in [3.8, 4) is 11.5 Å². The number of anilines is 1. The van der Waals surface area contributed by atoms with Gasteiger partial charge in [-0.1, -0.05) is 39.7 Å². The van der Waals surface area contributed by atoms with Crippen LogP contribution in [-0.4, -0.2) is 33.6 Å². The molecular formula is C28H21BrClN3O6S. The molecule has 40 heavy (non-hydrogen) atoms. The van der Waals surface area contributed by atoms with Gasteiger partial charge < -0.3 is 9.47 Å². The van der Waals surface area contributed by atoms with Crippen LogP contribution >= 0.6 is 27.5 Å². The predicted octanol–water partition coefficient (Wildman–Crippen LogP) is 5.90. The van der Waals surface area contributed by atoms with E-state index in [4.69, 9.17) is 21.1 Å². The van der Waals surface area contributed by atoms with Crippen LogP contribution in [0.3, 0.4) is 0 Å². The number of halogens is 2. The summed E-state index contributed by atoms with van der Waals surface area (Å²) in [6.07, 6.45) is 1.31. The zero-order valence-electron chi connectivity index (χ0n) is 20.8. The fourth-order valence-corrected chi connectivity index (χ4v) is 4.99. The Morgan fingerprint density at radius 3 is 2.35 bits per heavy atom. The Labute approximate surface area is 244 Å². The number of benzene rings is 4. The summed E-state index contributed by atoms with van der Waals surface area (Å²) in [7, 11) is -2.46. The lowest BCUT2D eigenvalue weighted by Gasteiger charge is -2.12. The number of hydrogen-bond donors (Lipinski definition) is 2. The highest BCUT2D eigenvalue weighted by Gasteiger charge is 2.19. The van der Waals surface area contributed by atoms with Gasteiger partial charge in [-0.2, -0.15) is 5.10 Å². The molecule has 0 atom stereocenters. The molecule has 0 aliphatic rings. The van der Waals surface area contributed by atoms with Crippen molar-refractivity contribution < 1.29 is 27.5 Å². The van der Waals surface area contributed by atoms with E-state index >= 15 is 0 Å². The topological polar surface area (TPSA) is 123 Å². The van der Waals surface area contributed by atoms with Gasteiger partial charge in [-0.15, -0.1) is 0 Å². The number of carbonyl (C=O) groups is 2.